The molecule has 0 heterocycles. The largest absolute Gasteiger partial charge is 0.481 e. The van der Waals surface area contributed by atoms with Gasteiger partial charge in [0.15, 0.2) is 0 Å². The number of rotatable bonds is 5. The van der Waals surface area contributed by atoms with Crippen LogP contribution in [0.25, 0.3) is 0 Å². The number of hydrogen-bond donors (Lipinski definition) is 4. The van der Waals surface area contributed by atoms with Gasteiger partial charge in [0.1, 0.15) is 11.9 Å². The van der Waals surface area contributed by atoms with E-state index in [0.717, 1.165) is 6.07 Å². The van der Waals surface area contributed by atoms with E-state index in [2.05, 4.69) is 0 Å². The molecule has 17 heavy (non-hydrogen) atoms. The molecule has 0 fully saturated rings. The third-order valence-corrected chi connectivity index (χ3v) is 2.34. The molecule has 2 unspecified atom stereocenters. The Hall–Kier alpha value is -1.50. The number of nitrogens with two attached hydrogens (primary N) is 1. The van der Waals surface area contributed by atoms with E-state index in [1.807, 2.05) is 0 Å². The predicted molar refractivity (Wildman–Crippen MR) is 57.8 cm³/mol. The fourth-order valence-corrected chi connectivity index (χ4v) is 1.43. The number of aliphatic hydroxyl groups is 2. The molecular weight excluding hydrogens is 229 g/mol. The summed E-state index contributed by atoms with van der Waals surface area (Å²) in [6, 6.07) is 3.66. The molecule has 1 aromatic rings. The minimum Gasteiger partial charge on any atom is -0.481 e. The first kappa shape index (κ1) is 13.6. The molecule has 0 saturated carbocycles. The summed E-state index contributed by atoms with van der Waals surface area (Å²) < 4.78 is 13.5. The van der Waals surface area contributed by atoms with E-state index < -0.39 is 24.0 Å². The molecule has 1 rings (SSSR count). The highest BCUT2D eigenvalue weighted by atomic mass is 19.1. The van der Waals surface area contributed by atoms with Gasteiger partial charge in [0.25, 0.3) is 0 Å². The number of halogens is 1. The molecule has 5 N–H and O–H groups in total. The Labute approximate surface area is 97.3 Å². The zero-order chi connectivity index (χ0) is 13.0. The Morgan fingerprint density at radius 2 is 2.06 bits per heavy atom. The molecule has 0 aromatic heterocycles. The standard InChI is InChI=1S/C11H14FNO4/c12-8-3-6(4-10(15)16)1-2-7(8)11(17)9(14)5-13/h1-3,9,11,14,17H,4-5,13H2,(H,15,16). The number of carboxylic acids is 1. The maximum Gasteiger partial charge on any atom is 0.307 e. The lowest BCUT2D eigenvalue weighted by Gasteiger charge is -2.17. The van der Waals surface area contributed by atoms with Crippen molar-refractivity contribution < 1.29 is 24.5 Å². The van der Waals surface area contributed by atoms with Crippen molar-refractivity contribution in [2.75, 3.05) is 6.54 Å². The van der Waals surface area contributed by atoms with E-state index in [9.17, 15) is 19.4 Å². The zero-order valence-corrected chi connectivity index (χ0v) is 9.01. The van der Waals surface area contributed by atoms with Gasteiger partial charge in [-0.2, -0.15) is 0 Å². The summed E-state index contributed by atoms with van der Waals surface area (Å²) in [6.45, 7) is -0.197. The van der Waals surface area contributed by atoms with Crippen molar-refractivity contribution >= 4 is 5.97 Å². The lowest BCUT2D eigenvalue weighted by molar-refractivity contribution is -0.136. The summed E-state index contributed by atoms with van der Waals surface area (Å²) in [5.41, 5.74) is 5.33. The van der Waals surface area contributed by atoms with Gasteiger partial charge in [-0.25, -0.2) is 4.39 Å². The summed E-state index contributed by atoms with van der Waals surface area (Å²) in [7, 11) is 0. The topological polar surface area (TPSA) is 104 Å². The van der Waals surface area contributed by atoms with Crippen molar-refractivity contribution in [1.82, 2.24) is 0 Å². The molecule has 0 aliphatic carbocycles. The molecule has 0 spiro atoms. The lowest BCUT2D eigenvalue weighted by atomic mass is 10.0. The van der Waals surface area contributed by atoms with E-state index in [1.54, 1.807) is 0 Å². The number of aliphatic carboxylic acids is 1. The van der Waals surface area contributed by atoms with Crippen LogP contribution >= 0.6 is 0 Å². The number of hydrogen-bond acceptors (Lipinski definition) is 4. The number of benzene rings is 1. The van der Waals surface area contributed by atoms with Crippen LogP contribution in [-0.2, 0) is 11.2 Å². The van der Waals surface area contributed by atoms with E-state index in [-0.39, 0.29) is 24.1 Å². The van der Waals surface area contributed by atoms with Gasteiger partial charge in [0.2, 0.25) is 0 Å². The van der Waals surface area contributed by atoms with Crippen molar-refractivity contribution in [1.29, 1.82) is 0 Å². The second kappa shape index (κ2) is 5.72. The Morgan fingerprint density at radius 3 is 2.53 bits per heavy atom. The average Bonchev–Trinajstić information content (AvgIpc) is 2.26. The maximum atomic E-state index is 13.5. The summed E-state index contributed by atoms with van der Waals surface area (Å²) in [6.07, 6.45) is -2.97. The average molecular weight is 243 g/mol. The third kappa shape index (κ3) is 3.48. The van der Waals surface area contributed by atoms with Crippen molar-refractivity contribution in [2.24, 2.45) is 5.73 Å². The summed E-state index contributed by atoms with van der Waals surface area (Å²) in [5.74, 6) is -1.83. The quantitative estimate of drug-likeness (QED) is 0.573. The first-order valence-corrected chi connectivity index (χ1v) is 5.02. The minimum atomic E-state index is -1.42. The molecule has 94 valence electrons. The first-order valence-electron chi connectivity index (χ1n) is 5.02. The monoisotopic (exact) mass is 243 g/mol. The van der Waals surface area contributed by atoms with E-state index >= 15 is 0 Å². The molecule has 0 aliphatic rings. The first-order chi connectivity index (χ1) is 7.95. The van der Waals surface area contributed by atoms with Crippen LogP contribution in [0.4, 0.5) is 4.39 Å². The number of carboxylic acid groups (broad SMARTS) is 1. The highest BCUT2D eigenvalue weighted by Gasteiger charge is 2.20. The highest BCUT2D eigenvalue weighted by molar-refractivity contribution is 5.70. The van der Waals surface area contributed by atoms with Gasteiger partial charge in [-0.1, -0.05) is 12.1 Å². The molecule has 6 heteroatoms. The van der Waals surface area contributed by atoms with Crippen LogP contribution in [-0.4, -0.2) is 33.9 Å². The number of aliphatic hydroxyl groups excluding tert-OH is 2. The Bertz CT molecular complexity index is 410. The Kier molecular flexibility index (Phi) is 4.56. The van der Waals surface area contributed by atoms with Crippen LogP contribution in [0.5, 0.6) is 0 Å². The van der Waals surface area contributed by atoms with Gasteiger partial charge >= 0.3 is 5.97 Å². The third-order valence-electron chi connectivity index (χ3n) is 2.34. The zero-order valence-electron chi connectivity index (χ0n) is 9.01. The van der Waals surface area contributed by atoms with Crippen LogP contribution in [0.3, 0.4) is 0 Å². The maximum absolute atomic E-state index is 13.5. The summed E-state index contributed by atoms with van der Waals surface area (Å²) >= 11 is 0. The van der Waals surface area contributed by atoms with Gasteiger partial charge < -0.3 is 21.1 Å². The predicted octanol–water partition coefficient (Wildman–Crippen LogP) is -0.194. The fourth-order valence-electron chi connectivity index (χ4n) is 1.43. The van der Waals surface area contributed by atoms with Crippen LogP contribution in [0, 0.1) is 5.82 Å². The van der Waals surface area contributed by atoms with Crippen molar-refractivity contribution in [3.63, 3.8) is 0 Å². The second-order valence-corrected chi connectivity index (χ2v) is 3.67. The molecule has 0 amide bonds. The molecule has 5 nitrogen and oxygen atoms in total. The smallest absolute Gasteiger partial charge is 0.307 e. The van der Waals surface area contributed by atoms with E-state index in [0.29, 0.717) is 0 Å². The van der Waals surface area contributed by atoms with Crippen LogP contribution in [0.1, 0.15) is 17.2 Å². The summed E-state index contributed by atoms with van der Waals surface area (Å²) in [5, 5.41) is 27.4. The lowest BCUT2D eigenvalue weighted by Crippen LogP contribution is -2.27. The molecule has 1 aromatic carbocycles. The summed E-state index contributed by atoms with van der Waals surface area (Å²) in [4.78, 5) is 10.4. The molecular formula is C11H14FNO4. The van der Waals surface area contributed by atoms with Crippen LogP contribution in [0.2, 0.25) is 0 Å². The molecule has 0 radical (unpaired) electrons. The molecule has 0 bridgehead atoms. The van der Waals surface area contributed by atoms with Crippen molar-refractivity contribution in [2.45, 2.75) is 18.6 Å². The van der Waals surface area contributed by atoms with Gasteiger partial charge in [-0.15, -0.1) is 0 Å². The van der Waals surface area contributed by atoms with Crippen LogP contribution < -0.4 is 5.73 Å². The van der Waals surface area contributed by atoms with Gasteiger partial charge in [-0.05, 0) is 11.6 Å². The van der Waals surface area contributed by atoms with E-state index in [1.165, 1.54) is 12.1 Å². The highest BCUT2D eigenvalue weighted by Crippen LogP contribution is 2.21. The molecule has 2 atom stereocenters. The normalized spacial score (nSPS) is 14.4. The van der Waals surface area contributed by atoms with Crippen LogP contribution in [0.15, 0.2) is 18.2 Å². The molecule has 0 aliphatic heterocycles. The van der Waals surface area contributed by atoms with Crippen molar-refractivity contribution in [3.05, 3.63) is 35.1 Å². The van der Waals surface area contributed by atoms with E-state index in [4.69, 9.17) is 10.8 Å². The Morgan fingerprint density at radius 1 is 1.41 bits per heavy atom. The minimum absolute atomic E-state index is 0.0999. The van der Waals surface area contributed by atoms with Gasteiger partial charge in [0.05, 0.1) is 12.5 Å². The van der Waals surface area contributed by atoms with Crippen molar-refractivity contribution in [3.8, 4) is 0 Å². The second-order valence-electron chi connectivity index (χ2n) is 3.67. The fraction of sp³-hybridized carbons (Fsp3) is 0.364. The SMILES string of the molecule is NCC(O)C(O)c1ccc(CC(=O)O)cc1F. The molecule has 0 saturated heterocycles. The Balaban J connectivity index is 2.93. The van der Waals surface area contributed by atoms with Gasteiger partial charge in [-0.3, -0.25) is 4.79 Å². The number of carbonyl (C=O) groups is 1. The van der Waals surface area contributed by atoms with Gasteiger partial charge in [0, 0.05) is 12.1 Å².